The van der Waals surface area contributed by atoms with Crippen LogP contribution in [-0.2, 0) is 0 Å². The minimum atomic E-state index is 0.237. The highest BCUT2D eigenvalue weighted by atomic mass is 16.5. The van der Waals surface area contributed by atoms with E-state index in [1.807, 2.05) is 12.1 Å². The molecule has 2 unspecified atom stereocenters. The van der Waals surface area contributed by atoms with Crippen LogP contribution in [0.15, 0.2) is 24.3 Å². The third-order valence-corrected chi connectivity index (χ3v) is 2.83. The highest BCUT2D eigenvalue weighted by Gasteiger charge is 2.06. The van der Waals surface area contributed by atoms with Gasteiger partial charge in [-0.05, 0) is 31.0 Å². The number of benzene rings is 1. The molecule has 0 amide bonds. The van der Waals surface area contributed by atoms with Gasteiger partial charge < -0.3 is 15.8 Å². The van der Waals surface area contributed by atoms with Gasteiger partial charge in [-0.1, -0.05) is 19.1 Å². The Morgan fingerprint density at radius 1 is 1.31 bits per heavy atom. The van der Waals surface area contributed by atoms with E-state index in [0.29, 0.717) is 6.04 Å². The van der Waals surface area contributed by atoms with E-state index in [4.69, 9.17) is 10.5 Å². The lowest BCUT2D eigenvalue weighted by atomic mass is 10.1. The second-order valence-corrected chi connectivity index (χ2v) is 4.07. The first-order chi connectivity index (χ1) is 7.67. The van der Waals surface area contributed by atoms with Gasteiger partial charge in [-0.15, -0.1) is 0 Å². The van der Waals surface area contributed by atoms with Crippen molar-refractivity contribution in [2.75, 3.05) is 13.7 Å². The van der Waals surface area contributed by atoms with E-state index >= 15 is 0 Å². The summed E-state index contributed by atoms with van der Waals surface area (Å²) in [6.45, 7) is 5.10. The number of hydrogen-bond donors (Lipinski definition) is 2. The Morgan fingerprint density at radius 2 is 1.94 bits per heavy atom. The quantitative estimate of drug-likeness (QED) is 0.774. The van der Waals surface area contributed by atoms with Crippen molar-refractivity contribution in [2.24, 2.45) is 5.73 Å². The molecule has 0 fully saturated rings. The van der Waals surface area contributed by atoms with Crippen LogP contribution in [0.3, 0.4) is 0 Å². The Kier molecular flexibility index (Phi) is 5.29. The molecule has 0 radical (unpaired) electrons. The summed E-state index contributed by atoms with van der Waals surface area (Å²) < 4.78 is 5.12. The molecule has 90 valence electrons. The van der Waals surface area contributed by atoms with Crippen molar-refractivity contribution in [2.45, 2.75) is 32.4 Å². The summed E-state index contributed by atoms with van der Waals surface area (Å²) in [5.41, 5.74) is 7.12. The van der Waals surface area contributed by atoms with Crippen molar-refractivity contribution in [1.82, 2.24) is 5.32 Å². The maximum atomic E-state index is 5.86. The van der Waals surface area contributed by atoms with Gasteiger partial charge in [-0.2, -0.15) is 0 Å². The molecule has 1 aromatic carbocycles. The van der Waals surface area contributed by atoms with Gasteiger partial charge in [0.05, 0.1) is 7.11 Å². The molecule has 3 N–H and O–H groups in total. The lowest BCUT2D eigenvalue weighted by molar-refractivity contribution is 0.414. The standard InChI is InChI=1S/C13H22N2O/c1-4-12(14)9-15-10(2)11-5-7-13(16-3)8-6-11/h5-8,10,12,15H,4,9,14H2,1-3H3. The molecule has 0 saturated carbocycles. The van der Waals surface area contributed by atoms with Gasteiger partial charge in [0, 0.05) is 18.6 Å². The van der Waals surface area contributed by atoms with Crippen LogP contribution >= 0.6 is 0 Å². The summed E-state index contributed by atoms with van der Waals surface area (Å²) in [4.78, 5) is 0. The number of hydrogen-bond acceptors (Lipinski definition) is 3. The second kappa shape index (κ2) is 6.51. The van der Waals surface area contributed by atoms with Crippen LogP contribution in [0.4, 0.5) is 0 Å². The monoisotopic (exact) mass is 222 g/mol. The van der Waals surface area contributed by atoms with Gasteiger partial charge in [0.25, 0.3) is 0 Å². The van der Waals surface area contributed by atoms with Crippen LogP contribution in [0.2, 0.25) is 0 Å². The second-order valence-electron chi connectivity index (χ2n) is 4.07. The number of methoxy groups -OCH3 is 1. The minimum Gasteiger partial charge on any atom is -0.497 e. The van der Waals surface area contributed by atoms with E-state index in [9.17, 15) is 0 Å². The number of nitrogens with one attached hydrogen (secondary N) is 1. The van der Waals surface area contributed by atoms with E-state index in [0.717, 1.165) is 18.7 Å². The SMILES string of the molecule is CCC(N)CNC(C)c1ccc(OC)cc1. The zero-order chi connectivity index (χ0) is 12.0. The molecule has 0 aliphatic carbocycles. The van der Waals surface area contributed by atoms with Crippen molar-refractivity contribution in [3.63, 3.8) is 0 Å². The van der Waals surface area contributed by atoms with Crippen LogP contribution in [0.5, 0.6) is 5.75 Å². The average Bonchev–Trinajstić information content (AvgIpc) is 2.35. The molecule has 0 spiro atoms. The predicted octanol–water partition coefficient (Wildman–Crippen LogP) is 2.08. The Bertz CT molecular complexity index is 297. The van der Waals surface area contributed by atoms with E-state index in [-0.39, 0.29) is 6.04 Å². The summed E-state index contributed by atoms with van der Waals surface area (Å²) in [5.74, 6) is 0.890. The van der Waals surface area contributed by atoms with Crippen molar-refractivity contribution >= 4 is 0 Å². The number of nitrogens with two attached hydrogens (primary N) is 1. The van der Waals surface area contributed by atoms with E-state index in [1.54, 1.807) is 7.11 Å². The minimum absolute atomic E-state index is 0.237. The van der Waals surface area contributed by atoms with Crippen LogP contribution < -0.4 is 15.8 Å². The van der Waals surface area contributed by atoms with Gasteiger partial charge >= 0.3 is 0 Å². The zero-order valence-electron chi connectivity index (χ0n) is 10.4. The van der Waals surface area contributed by atoms with Gasteiger partial charge in [-0.3, -0.25) is 0 Å². The van der Waals surface area contributed by atoms with E-state index < -0.39 is 0 Å². The summed E-state index contributed by atoms with van der Waals surface area (Å²) in [5, 5.41) is 3.42. The van der Waals surface area contributed by atoms with Crippen LogP contribution in [0, 0.1) is 0 Å². The fraction of sp³-hybridized carbons (Fsp3) is 0.538. The van der Waals surface area contributed by atoms with Crippen LogP contribution in [0.25, 0.3) is 0 Å². The maximum absolute atomic E-state index is 5.86. The largest absolute Gasteiger partial charge is 0.497 e. The van der Waals surface area contributed by atoms with Crippen LogP contribution in [0.1, 0.15) is 31.9 Å². The molecule has 3 heteroatoms. The van der Waals surface area contributed by atoms with Gasteiger partial charge in [0.2, 0.25) is 0 Å². The van der Waals surface area contributed by atoms with Crippen molar-refractivity contribution in [3.05, 3.63) is 29.8 Å². The van der Waals surface area contributed by atoms with E-state index in [2.05, 4.69) is 31.3 Å². The molecule has 1 rings (SSSR count). The van der Waals surface area contributed by atoms with Gasteiger partial charge in [0.1, 0.15) is 5.75 Å². The summed E-state index contributed by atoms with van der Waals surface area (Å²) >= 11 is 0. The Labute approximate surface area is 98.0 Å². The highest BCUT2D eigenvalue weighted by Crippen LogP contribution is 2.16. The summed E-state index contributed by atoms with van der Waals surface area (Å²) in [7, 11) is 1.68. The first-order valence-corrected chi connectivity index (χ1v) is 5.80. The Hall–Kier alpha value is -1.06. The molecule has 1 aromatic rings. The molecule has 3 nitrogen and oxygen atoms in total. The van der Waals surface area contributed by atoms with Crippen LogP contribution in [-0.4, -0.2) is 19.7 Å². The molecule has 0 aromatic heterocycles. The fourth-order valence-corrected chi connectivity index (χ4v) is 1.48. The molecule has 2 atom stereocenters. The average molecular weight is 222 g/mol. The molecule has 16 heavy (non-hydrogen) atoms. The third kappa shape index (κ3) is 3.83. The van der Waals surface area contributed by atoms with Gasteiger partial charge in [-0.25, -0.2) is 0 Å². The predicted molar refractivity (Wildman–Crippen MR) is 67.7 cm³/mol. The first kappa shape index (κ1) is 13.0. The summed E-state index contributed by atoms with van der Waals surface area (Å²) in [6, 6.07) is 8.67. The van der Waals surface area contributed by atoms with Crippen molar-refractivity contribution < 1.29 is 4.74 Å². The smallest absolute Gasteiger partial charge is 0.118 e. The zero-order valence-corrected chi connectivity index (χ0v) is 10.4. The van der Waals surface area contributed by atoms with E-state index in [1.165, 1.54) is 5.56 Å². The molecule has 0 aliphatic rings. The number of ether oxygens (including phenoxy) is 1. The Morgan fingerprint density at radius 3 is 2.44 bits per heavy atom. The molecule has 0 saturated heterocycles. The number of rotatable bonds is 6. The maximum Gasteiger partial charge on any atom is 0.118 e. The Balaban J connectivity index is 2.49. The highest BCUT2D eigenvalue weighted by molar-refractivity contribution is 5.28. The molecule has 0 heterocycles. The van der Waals surface area contributed by atoms with Crippen molar-refractivity contribution in [3.8, 4) is 5.75 Å². The fourth-order valence-electron chi connectivity index (χ4n) is 1.48. The molecular formula is C13H22N2O. The van der Waals surface area contributed by atoms with Gasteiger partial charge in [0.15, 0.2) is 0 Å². The lowest BCUT2D eigenvalue weighted by Gasteiger charge is -2.17. The molecule has 0 aliphatic heterocycles. The molecular weight excluding hydrogens is 200 g/mol. The van der Waals surface area contributed by atoms with Crippen molar-refractivity contribution in [1.29, 1.82) is 0 Å². The lowest BCUT2D eigenvalue weighted by Crippen LogP contribution is -2.34. The normalized spacial score (nSPS) is 14.5. The topological polar surface area (TPSA) is 47.3 Å². The third-order valence-electron chi connectivity index (χ3n) is 2.83. The first-order valence-electron chi connectivity index (χ1n) is 5.80. The summed E-state index contributed by atoms with van der Waals surface area (Å²) in [6.07, 6.45) is 1.00. The molecule has 0 bridgehead atoms.